The normalized spacial score (nSPS) is 10.1. The van der Waals surface area contributed by atoms with Gasteiger partial charge in [0.05, 0.1) is 32.7 Å². The number of hydrogen-bond donors (Lipinski definition) is 3. The zero-order chi connectivity index (χ0) is 19.2. The van der Waals surface area contributed by atoms with E-state index in [0.29, 0.717) is 32.7 Å². The fourth-order valence-electron chi connectivity index (χ4n) is 2.38. The number of hydrogen-bond acceptors (Lipinski definition) is 2. The summed E-state index contributed by atoms with van der Waals surface area (Å²) in [4.78, 5) is 24.9. The maximum atomic E-state index is 12.6. The van der Waals surface area contributed by atoms with E-state index in [1.54, 1.807) is 72.8 Å². The largest absolute Gasteiger partial charge is 0.323 e. The molecule has 3 amide bonds. The van der Waals surface area contributed by atoms with E-state index < -0.39 is 11.9 Å². The molecule has 0 radical (unpaired) electrons. The number of nitrogens with one attached hydrogen (secondary N) is 3. The molecule has 0 fully saturated rings. The summed E-state index contributed by atoms with van der Waals surface area (Å²) in [7, 11) is 0. The maximum Gasteiger partial charge on any atom is 0.323 e. The van der Waals surface area contributed by atoms with Crippen molar-refractivity contribution in [2.45, 2.75) is 0 Å². The van der Waals surface area contributed by atoms with Crippen molar-refractivity contribution in [3.05, 3.63) is 88.4 Å². The van der Waals surface area contributed by atoms with Crippen LogP contribution in [-0.4, -0.2) is 11.9 Å². The van der Waals surface area contributed by atoms with Crippen LogP contribution in [0.1, 0.15) is 10.4 Å². The monoisotopic (exact) mass is 399 g/mol. The molecule has 0 bridgehead atoms. The van der Waals surface area contributed by atoms with Crippen LogP contribution in [0, 0.1) is 0 Å². The Morgan fingerprint density at radius 2 is 1.04 bits per heavy atom. The van der Waals surface area contributed by atoms with Crippen molar-refractivity contribution in [2.24, 2.45) is 0 Å². The molecule has 3 aromatic carbocycles. The SMILES string of the molecule is O=C(Nc1ccccc1Cl)Nc1ccccc1C(=O)Nc1ccccc1Cl. The van der Waals surface area contributed by atoms with Crippen molar-refractivity contribution in [3.63, 3.8) is 0 Å². The molecule has 0 heterocycles. The molecule has 136 valence electrons. The molecule has 3 rings (SSSR count). The number of halogens is 2. The summed E-state index contributed by atoms with van der Waals surface area (Å²) in [5.74, 6) is -0.392. The van der Waals surface area contributed by atoms with Crippen LogP contribution < -0.4 is 16.0 Å². The van der Waals surface area contributed by atoms with E-state index >= 15 is 0 Å². The van der Waals surface area contributed by atoms with E-state index in [1.165, 1.54) is 0 Å². The Kier molecular flexibility index (Phi) is 5.96. The van der Waals surface area contributed by atoms with E-state index in [1.807, 2.05) is 0 Å². The first-order valence-electron chi connectivity index (χ1n) is 8.02. The van der Waals surface area contributed by atoms with Gasteiger partial charge in [0.15, 0.2) is 0 Å². The Labute approximate surface area is 166 Å². The molecule has 27 heavy (non-hydrogen) atoms. The molecule has 0 aliphatic carbocycles. The van der Waals surface area contributed by atoms with Gasteiger partial charge in [-0.3, -0.25) is 4.79 Å². The molecule has 3 aromatic rings. The van der Waals surface area contributed by atoms with Gasteiger partial charge in [-0.2, -0.15) is 0 Å². The number of carbonyl (C=O) groups is 2. The predicted octanol–water partition coefficient (Wildman–Crippen LogP) is 5.89. The molecule has 5 nitrogen and oxygen atoms in total. The second-order valence-electron chi connectivity index (χ2n) is 5.54. The molecule has 7 heteroatoms. The van der Waals surface area contributed by atoms with Crippen molar-refractivity contribution < 1.29 is 9.59 Å². The Balaban J connectivity index is 1.75. The van der Waals surface area contributed by atoms with E-state index in [-0.39, 0.29) is 0 Å². The van der Waals surface area contributed by atoms with Crippen molar-refractivity contribution in [3.8, 4) is 0 Å². The van der Waals surface area contributed by atoms with Crippen molar-refractivity contribution in [1.29, 1.82) is 0 Å². The van der Waals surface area contributed by atoms with Crippen LogP contribution in [0.25, 0.3) is 0 Å². The van der Waals surface area contributed by atoms with Gasteiger partial charge >= 0.3 is 6.03 Å². The average molecular weight is 400 g/mol. The molecule has 3 N–H and O–H groups in total. The van der Waals surface area contributed by atoms with Gasteiger partial charge in [-0.1, -0.05) is 59.6 Å². The van der Waals surface area contributed by atoms with Crippen molar-refractivity contribution >= 4 is 52.2 Å². The maximum absolute atomic E-state index is 12.6. The van der Waals surface area contributed by atoms with E-state index in [9.17, 15) is 9.59 Å². The van der Waals surface area contributed by atoms with E-state index in [0.717, 1.165) is 0 Å². The highest BCUT2D eigenvalue weighted by Gasteiger charge is 2.14. The molecule has 0 unspecified atom stereocenters. The summed E-state index contributed by atoms with van der Waals surface area (Å²) >= 11 is 12.1. The van der Waals surface area contributed by atoms with Gasteiger partial charge in [0.1, 0.15) is 0 Å². The summed E-state index contributed by atoms with van der Waals surface area (Å²) in [5.41, 5.74) is 1.60. The lowest BCUT2D eigenvalue weighted by Crippen LogP contribution is -2.22. The number of carbonyl (C=O) groups excluding carboxylic acids is 2. The molecule has 0 saturated heterocycles. The summed E-state index contributed by atoms with van der Waals surface area (Å²) < 4.78 is 0. The highest BCUT2D eigenvalue weighted by atomic mass is 35.5. The fraction of sp³-hybridized carbons (Fsp3) is 0. The molecule has 0 spiro atoms. The van der Waals surface area contributed by atoms with Crippen LogP contribution in [0.3, 0.4) is 0 Å². The van der Waals surface area contributed by atoms with Crippen molar-refractivity contribution in [2.75, 3.05) is 16.0 Å². The summed E-state index contributed by atoms with van der Waals surface area (Å²) in [5, 5.41) is 8.89. The predicted molar refractivity (Wildman–Crippen MR) is 110 cm³/mol. The molecular formula is C20H15Cl2N3O2. The number of amides is 3. The van der Waals surface area contributed by atoms with Gasteiger partial charge in [-0.15, -0.1) is 0 Å². The summed E-state index contributed by atoms with van der Waals surface area (Å²) in [6, 6.07) is 19.9. The third-order valence-electron chi connectivity index (χ3n) is 3.66. The van der Waals surface area contributed by atoms with Gasteiger partial charge in [0.2, 0.25) is 0 Å². The minimum atomic E-state index is -0.513. The fourth-order valence-corrected chi connectivity index (χ4v) is 2.75. The highest BCUT2D eigenvalue weighted by Crippen LogP contribution is 2.24. The molecule has 0 saturated carbocycles. The van der Waals surface area contributed by atoms with Crippen LogP contribution >= 0.6 is 23.2 Å². The van der Waals surface area contributed by atoms with Gasteiger partial charge in [-0.25, -0.2) is 4.79 Å². The standard InChI is InChI=1S/C20H15Cl2N3O2/c21-14-8-2-5-11-17(14)23-19(26)13-7-1-4-10-16(13)24-20(27)25-18-12-6-3-9-15(18)22/h1-12H,(H,23,26)(H2,24,25,27). The Morgan fingerprint density at radius 1 is 0.593 bits per heavy atom. The number of rotatable bonds is 4. The molecule has 0 aliphatic rings. The number of para-hydroxylation sites is 3. The first-order valence-corrected chi connectivity index (χ1v) is 8.77. The van der Waals surface area contributed by atoms with Crippen LogP contribution in [0.2, 0.25) is 10.0 Å². The minimum absolute atomic E-state index is 0.298. The van der Waals surface area contributed by atoms with Crippen LogP contribution in [0.15, 0.2) is 72.8 Å². The van der Waals surface area contributed by atoms with Gasteiger partial charge in [0.25, 0.3) is 5.91 Å². The summed E-state index contributed by atoms with van der Waals surface area (Å²) in [6.07, 6.45) is 0. The lowest BCUT2D eigenvalue weighted by molar-refractivity contribution is 0.102. The molecular weight excluding hydrogens is 385 g/mol. The van der Waals surface area contributed by atoms with Crippen molar-refractivity contribution in [1.82, 2.24) is 0 Å². The van der Waals surface area contributed by atoms with Gasteiger partial charge in [0, 0.05) is 0 Å². The summed E-state index contributed by atoms with van der Waals surface area (Å²) in [6.45, 7) is 0. The third-order valence-corrected chi connectivity index (χ3v) is 4.32. The lowest BCUT2D eigenvalue weighted by atomic mass is 10.1. The highest BCUT2D eigenvalue weighted by molar-refractivity contribution is 6.34. The van der Waals surface area contributed by atoms with Crippen LogP contribution in [0.5, 0.6) is 0 Å². The Bertz CT molecular complexity index is 992. The second-order valence-corrected chi connectivity index (χ2v) is 6.35. The molecule has 0 atom stereocenters. The average Bonchev–Trinajstić information content (AvgIpc) is 2.66. The zero-order valence-corrected chi connectivity index (χ0v) is 15.5. The topological polar surface area (TPSA) is 70.2 Å². The molecule has 0 aromatic heterocycles. The van der Waals surface area contributed by atoms with E-state index in [4.69, 9.17) is 23.2 Å². The van der Waals surface area contributed by atoms with Crippen LogP contribution in [0.4, 0.5) is 21.9 Å². The first-order chi connectivity index (χ1) is 13.0. The first kappa shape index (κ1) is 18.8. The number of benzene rings is 3. The molecule has 0 aliphatic heterocycles. The lowest BCUT2D eigenvalue weighted by Gasteiger charge is -2.13. The number of urea groups is 1. The third kappa shape index (κ3) is 4.78. The van der Waals surface area contributed by atoms with Crippen LogP contribution in [-0.2, 0) is 0 Å². The number of anilines is 3. The minimum Gasteiger partial charge on any atom is -0.321 e. The van der Waals surface area contributed by atoms with Gasteiger partial charge in [-0.05, 0) is 36.4 Å². The quantitative estimate of drug-likeness (QED) is 0.511. The Morgan fingerprint density at radius 3 is 1.63 bits per heavy atom. The smallest absolute Gasteiger partial charge is 0.321 e. The zero-order valence-electron chi connectivity index (χ0n) is 14.0. The van der Waals surface area contributed by atoms with E-state index in [2.05, 4.69) is 16.0 Å². The Hall–Kier alpha value is -3.02. The second kappa shape index (κ2) is 8.58. The van der Waals surface area contributed by atoms with Gasteiger partial charge < -0.3 is 16.0 Å².